The lowest BCUT2D eigenvalue weighted by molar-refractivity contribution is -0.116. The average molecular weight is 354 g/mol. The molecule has 0 saturated carbocycles. The molecule has 8 heteroatoms. The molecule has 0 saturated heterocycles. The van der Waals surface area contributed by atoms with Crippen LogP contribution in [0.15, 0.2) is 28.9 Å². The van der Waals surface area contributed by atoms with Gasteiger partial charge < -0.3 is 15.8 Å². The standard InChI is InChI=1S/C13H16BrN5O2/c1-21-8-10-11(14)3-2-4-12(10)16-13(20)7-19-6-9(5-15)17-18-19/h2-4,6H,5,7-8,15H2,1H3,(H,16,20). The third-order valence-electron chi connectivity index (χ3n) is 2.78. The van der Waals surface area contributed by atoms with Gasteiger partial charge in [-0.25, -0.2) is 4.68 Å². The average Bonchev–Trinajstić information content (AvgIpc) is 2.90. The topological polar surface area (TPSA) is 95.1 Å². The lowest BCUT2D eigenvalue weighted by Crippen LogP contribution is -2.20. The summed E-state index contributed by atoms with van der Waals surface area (Å²) in [4.78, 5) is 12.1. The molecule has 0 atom stereocenters. The Hall–Kier alpha value is -1.77. The third kappa shape index (κ3) is 4.10. The van der Waals surface area contributed by atoms with Gasteiger partial charge in [0.05, 0.1) is 18.5 Å². The minimum absolute atomic E-state index is 0.0753. The third-order valence-corrected chi connectivity index (χ3v) is 3.53. The van der Waals surface area contributed by atoms with Gasteiger partial charge >= 0.3 is 0 Å². The van der Waals surface area contributed by atoms with Gasteiger partial charge in [0.25, 0.3) is 0 Å². The molecule has 0 spiro atoms. The number of carbonyl (C=O) groups excluding carboxylic acids is 1. The maximum Gasteiger partial charge on any atom is 0.246 e. The molecule has 1 aromatic carbocycles. The van der Waals surface area contributed by atoms with Crippen molar-refractivity contribution in [1.29, 1.82) is 0 Å². The van der Waals surface area contributed by atoms with Gasteiger partial charge in [-0.05, 0) is 12.1 Å². The summed E-state index contributed by atoms with van der Waals surface area (Å²) >= 11 is 3.44. The Bertz CT molecular complexity index is 629. The van der Waals surface area contributed by atoms with Crippen molar-refractivity contribution in [3.05, 3.63) is 40.1 Å². The second-order valence-electron chi connectivity index (χ2n) is 4.36. The van der Waals surface area contributed by atoms with Crippen LogP contribution >= 0.6 is 15.9 Å². The van der Waals surface area contributed by atoms with E-state index in [0.29, 0.717) is 24.5 Å². The van der Waals surface area contributed by atoms with Crippen molar-refractivity contribution in [2.75, 3.05) is 12.4 Å². The van der Waals surface area contributed by atoms with Crippen molar-refractivity contribution in [3.63, 3.8) is 0 Å². The molecule has 2 rings (SSSR count). The number of anilines is 1. The Morgan fingerprint density at radius 1 is 1.52 bits per heavy atom. The van der Waals surface area contributed by atoms with Gasteiger partial charge in [0.2, 0.25) is 5.91 Å². The van der Waals surface area contributed by atoms with E-state index in [-0.39, 0.29) is 12.5 Å². The highest BCUT2D eigenvalue weighted by Crippen LogP contribution is 2.25. The van der Waals surface area contributed by atoms with E-state index in [1.807, 2.05) is 18.2 Å². The van der Waals surface area contributed by atoms with Crippen LogP contribution in [-0.2, 0) is 29.2 Å². The first kappa shape index (κ1) is 15.6. The molecular formula is C13H16BrN5O2. The van der Waals surface area contributed by atoms with Crippen LogP contribution in [-0.4, -0.2) is 28.0 Å². The summed E-state index contributed by atoms with van der Waals surface area (Å²) in [5.74, 6) is -0.195. The summed E-state index contributed by atoms with van der Waals surface area (Å²) < 4.78 is 7.48. The number of amides is 1. The van der Waals surface area contributed by atoms with Crippen molar-refractivity contribution in [2.24, 2.45) is 5.73 Å². The highest BCUT2D eigenvalue weighted by Gasteiger charge is 2.11. The fourth-order valence-electron chi connectivity index (χ4n) is 1.81. The van der Waals surface area contributed by atoms with Crippen molar-refractivity contribution in [2.45, 2.75) is 19.7 Å². The van der Waals surface area contributed by atoms with E-state index in [1.54, 1.807) is 13.3 Å². The van der Waals surface area contributed by atoms with Crippen LogP contribution in [0.2, 0.25) is 0 Å². The largest absolute Gasteiger partial charge is 0.380 e. The molecule has 0 radical (unpaired) electrons. The quantitative estimate of drug-likeness (QED) is 0.815. The highest BCUT2D eigenvalue weighted by molar-refractivity contribution is 9.10. The van der Waals surface area contributed by atoms with E-state index in [0.717, 1.165) is 10.0 Å². The molecule has 3 N–H and O–H groups in total. The van der Waals surface area contributed by atoms with Crippen LogP contribution in [0.25, 0.3) is 0 Å². The molecule has 2 aromatic rings. The fourth-order valence-corrected chi connectivity index (χ4v) is 2.29. The normalized spacial score (nSPS) is 10.6. The Kier molecular flexibility index (Phi) is 5.43. The first-order chi connectivity index (χ1) is 10.1. The predicted molar refractivity (Wildman–Crippen MR) is 81.4 cm³/mol. The molecule has 0 bridgehead atoms. The lowest BCUT2D eigenvalue weighted by atomic mass is 10.2. The van der Waals surface area contributed by atoms with Gasteiger partial charge in [0, 0.05) is 29.4 Å². The zero-order valence-electron chi connectivity index (χ0n) is 11.5. The number of carbonyl (C=O) groups is 1. The molecule has 0 unspecified atom stereocenters. The number of ether oxygens (including phenoxy) is 1. The van der Waals surface area contributed by atoms with Gasteiger partial charge in [-0.15, -0.1) is 5.10 Å². The van der Waals surface area contributed by atoms with Crippen molar-refractivity contribution in [1.82, 2.24) is 15.0 Å². The summed E-state index contributed by atoms with van der Waals surface area (Å²) in [6.07, 6.45) is 1.65. The molecule has 1 amide bonds. The highest BCUT2D eigenvalue weighted by atomic mass is 79.9. The molecule has 0 aliphatic heterocycles. The maximum atomic E-state index is 12.1. The zero-order valence-corrected chi connectivity index (χ0v) is 13.1. The number of benzene rings is 1. The van der Waals surface area contributed by atoms with Crippen LogP contribution in [0.1, 0.15) is 11.3 Å². The molecule has 21 heavy (non-hydrogen) atoms. The maximum absolute atomic E-state index is 12.1. The lowest BCUT2D eigenvalue weighted by Gasteiger charge is -2.12. The minimum atomic E-state index is -0.195. The number of hydrogen-bond acceptors (Lipinski definition) is 5. The Labute approximate surface area is 130 Å². The first-order valence-electron chi connectivity index (χ1n) is 6.29. The molecule has 0 aliphatic carbocycles. The fraction of sp³-hybridized carbons (Fsp3) is 0.308. The van der Waals surface area contributed by atoms with E-state index in [1.165, 1.54) is 4.68 Å². The van der Waals surface area contributed by atoms with Crippen LogP contribution in [0.4, 0.5) is 5.69 Å². The van der Waals surface area contributed by atoms with Gasteiger partial charge in [0.1, 0.15) is 6.54 Å². The van der Waals surface area contributed by atoms with E-state index < -0.39 is 0 Å². The van der Waals surface area contributed by atoms with Crippen molar-refractivity contribution >= 4 is 27.5 Å². The van der Waals surface area contributed by atoms with Gasteiger partial charge in [-0.1, -0.05) is 27.2 Å². The number of methoxy groups -OCH3 is 1. The Balaban J connectivity index is 2.07. The summed E-state index contributed by atoms with van der Waals surface area (Å²) in [7, 11) is 1.61. The van der Waals surface area contributed by atoms with Crippen LogP contribution in [0, 0.1) is 0 Å². The van der Waals surface area contributed by atoms with Gasteiger partial charge in [-0.2, -0.15) is 0 Å². The summed E-state index contributed by atoms with van der Waals surface area (Å²) in [6.45, 7) is 0.773. The summed E-state index contributed by atoms with van der Waals surface area (Å²) in [6, 6.07) is 5.57. The smallest absolute Gasteiger partial charge is 0.246 e. The predicted octanol–water partition coefficient (Wildman–Crippen LogP) is 1.28. The number of rotatable bonds is 6. The monoisotopic (exact) mass is 353 g/mol. The van der Waals surface area contributed by atoms with E-state index in [4.69, 9.17) is 10.5 Å². The molecule has 112 valence electrons. The van der Waals surface area contributed by atoms with Crippen molar-refractivity contribution in [3.8, 4) is 0 Å². The van der Waals surface area contributed by atoms with Gasteiger partial charge in [-0.3, -0.25) is 4.79 Å². The van der Waals surface area contributed by atoms with E-state index in [9.17, 15) is 4.79 Å². The molecular weight excluding hydrogens is 338 g/mol. The molecule has 0 fully saturated rings. The first-order valence-corrected chi connectivity index (χ1v) is 7.08. The number of nitrogens with zero attached hydrogens (tertiary/aromatic N) is 3. The number of halogens is 1. The second-order valence-corrected chi connectivity index (χ2v) is 5.21. The van der Waals surface area contributed by atoms with Crippen LogP contribution in [0.3, 0.4) is 0 Å². The number of nitrogens with one attached hydrogen (secondary N) is 1. The van der Waals surface area contributed by atoms with E-state index >= 15 is 0 Å². The Morgan fingerprint density at radius 2 is 2.33 bits per heavy atom. The summed E-state index contributed by atoms with van der Waals surface area (Å²) in [5.41, 5.74) is 7.68. The minimum Gasteiger partial charge on any atom is -0.380 e. The molecule has 1 heterocycles. The number of hydrogen-bond donors (Lipinski definition) is 2. The SMILES string of the molecule is COCc1c(Br)cccc1NC(=O)Cn1cc(CN)nn1. The number of aromatic nitrogens is 3. The van der Waals surface area contributed by atoms with Gasteiger partial charge in [0.15, 0.2) is 0 Å². The molecule has 1 aromatic heterocycles. The molecule has 0 aliphatic rings. The van der Waals surface area contributed by atoms with Crippen LogP contribution in [0.5, 0.6) is 0 Å². The zero-order chi connectivity index (χ0) is 15.2. The van der Waals surface area contributed by atoms with Crippen LogP contribution < -0.4 is 11.1 Å². The summed E-state index contributed by atoms with van der Waals surface area (Å²) in [5, 5.41) is 10.5. The van der Waals surface area contributed by atoms with Crippen molar-refractivity contribution < 1.29 is 9.53 Å². The molecule has 7 nitrogen and oxygen atoms in total. The second kappa shape index (κ2) is 7.30. The Morgan fingerprint density at radius 3 is 3.00 bits per heavy atom. The number of nitrogens with two attached hydrogens (primary N) is 1. The van der Waals surface area contributed by atoms with E-state index in [2.05, 4.69) is 31.6 Å².